The molecule has 2 unspecified atom stereocenters. The van der Waals surface area contributed by atoms with Gasteiger partial charge in [0.05, 0.1) is 12.0 Å². The average molecular weight is 376 g/mol. The van der Waals surface area contributed by atoms with Gasteiger partial charge in [-0.25, -0.2) is 9.80 Å². The summed E-state index contributed by atoms with van der Waals surface area (Å²) in [5.74, 6) is -0.215. The minimum absolute atomic E-state index is 0.0363. The largest absolute Gasteiger partial charge is 0.444 e. The van der Waals surface area contributed by atoms with Crippen molar-refractivity contribution in [3.63, 3.8) is 0 Å². The molecule has 1 aliphatic rings. The number of amides is 2. The molecule has 0 radical (unpaired) electrons. The van der Waals surface area contributed by atoms with E-state index in [0.717, 1.165) is 18.4 Å². The van der Waals surface area contributed by atoms with Crippen molar-refractivity contribution in [2.24, 2.45) is 5.92 Å². The van der Waals surface area contributed by atoms with Gasteiger partial charge in [-0.2, -0.15) is 0 Å². The van der Waals surface area contributed by atoms with E-state index in [1.807, 2.05) is 65.2 Å². The van der Waals surface area contributed by atoms with Crippen molar-refractivity contribution in [1.82, 2.24) is 14.9 Å². The monoisotopic (exact) mass is 375 g/mol. The lowest BCUT2D eigenvalue weighted by Gasteiger charge is -2.42. The normalized spacial score (nSPS) is 20.5. The van der Waals surface area contributed by atoms with E-state index in [-0.39, 0.29) is 24.0 Å². The van der Waals surface area contributed by atoms with Gasteiger partial charge >= 0.3 is 6.09 Å². The highest BCUT2D eigenvalue weighted by molar-refractivity contribution is 5.80. The fraction of sp³-hybridized carbons (Fsp3) is 0.619. The second-order valence-electron chi connectivity index (χ2n) is 8.39. The number of rotatable bonds is 4. The highest BCUT2D eigenvalue weighted by atomic mass is 16.6. The van der Waals surface area contributed by atoms with E-state index in [0.29, 0.717) is 13.0 Å². The first-order valence-corrected chi connectivity index (χ1v) is 9.58. The number of hydrazine groups is 1. The zero-order valence-electron chi connectivity index (χ0n) is 17.4. The molecule has 0 spiro atoms. The van der Waals surface area contributed by atoms with Gasteiger partial charge in [0.25, 0.3) is 0 Å². The molecule has 2 rings (SSSR count). The summed E-state index contributed by atoms with van der Waals surface area (Å²) in [6, 6.07) is 9.81. The summed E-state index contributed by atoms with van der Waals surface area (Å²) in [5, 5.41) is 3.40. The third kappa shape index (κ3) is 5.70. The summed E-state index contributed by atoms with van der Waals surface area (Å²) in [7, 11) is 5.46. The Morgan fingerprint density at radius 3 is 2.33 bits per heavy atom. The van der Waals surface area contributed by atoms with Gasteiger partial charge in [0.1, 0.15) is 5.60 Å². The van der Waals surface area contributed by atoms with Gasteiger partial charge in [-0.3, -0.25) is 9.80 Å². The number of hydrogen-bond acceptors (Lipinski definition) is 4. The van der Waals surface area contributed by atoms with Crippen molar-refractivity contribution < 1.29 is 14.3 Å². The van der Waals surface area contributed by atoms with Crippen LogP contribution in [0.15, 0.2) is 30.3 Å². The van der Waals surface area contributed by atoms with Gasteiger partial charge in [0, 0.05) is 27.7 Å². The molecular formula is C21H33N3O3. The Morgan fingerprint density at radius 2 is 1.78 bits per heavy atom. The summed E-state index contributed by atoms with van der Waals surface area (Å²) in [6.45, 7) is 6.21. The number of carbonyl (C=O) groups excluding carboxylic acids is 2. The molecule has 0 saturated carbocycles. The van der Waals surface area contributed by atoms with Gasteiger partial charge in [0.15, 0.2) is 0 Å². The quantitative estimate of drug-likeness (QED) is 0.759. The predicted octanol–water partition coefficient (Wildman–Crippen LogP) is 3.18. The number of nitrogens with zero attached hydrogens (tertiary/aromatic N) is 3. The van der Waals surface area contributed by atoms with E-state index >= 15 is 0 Å². The van der Waals surface area contributed by atoms with Crippen LogP contribution in [0.2, 0.25) is 0 Å². The molecule has 0 N–H and O–H groups in total. The van der Waals surface area contributed by atoms with Crippen molar-refractivity contribution >= 4 is 12.0 Å². The van der Waals surface area contributed by atoms with Crippen molar-refractivity contribution in [2.75, 3.05) is 27.7 Å². The van der Waals surface area contributed by atoms with Crippen molar-refractivity contribution in [1.29, 1.82) is 0 Å². The molecule has 6 nitrogen and oxygen atoms in total. The Bertz CT molecular complexity index is 640. The van der Waals surface area contributed by atoms with E-state index < -0.39 is 5.60 Å². The molecule has 0 aromatic heterocycles. The Labute approximate surface area is 163 Å². The summed E-state index contributed by atoms with van der Waals surface area (Å²) < 4.78 is 5.63. The van der Waals surface area contributed by atoms with E-state index in [2.05, 4.69) is 0 Å². The second kappa shape index (κ2) is 8.74. The standard InChI is InChI=1S/C21H33N3O3/c1-21(2,3)27-20(26)24-14-10-13-17(19(25)23(6)22(4)5)18(24)15-16-11-8-7-9-12-16/h7-9,11-12,17-18H,10,13-15H2,1-6H3. The Kier molecular flexibility index (Phi) is 6.87. The van der Waals surface area contributed by atoms with Crippen molar-refractivity contribution in [3.05, 3.63) is 35.9 Å². The first-order chi connectivity index (χ1) is 12.6. The van der Waals surface area contributed by atoms with Crippen LogP contribution in [-0.4, -0.2) is 66.2 Å². The van der Waals surface area contributed by atoms with Crippen LogP contribution in [0.5, 0.6) is 0 Å². The first kappa shape index (κ1) is 21.2. The van der Waals surface area contributed by atoms with E-state index in [4.69, 9.17) is 4.74 Å². The molecule has 0 aliphatic carbocycles. The van der Waals surface area contributed by atoms with Crippen LogP contribution in [0.3, 0.4) is 0 Å². The Hall–Kier alpha value is -2.08. The Morgan fingerprint density at radius 1 is 1.15 bits per heavy atom. The van der Waals surface area contributed by atoms with Gasteiger partial charge in [-0.1, -0.05) is 30.3 Å². The molecule has 150 valence electrons. The molecular weight excluding hydrogens is 342 g/mol. The number of carbonyl (C=O) groups is 2. The van der Waals surface area contributed by atoms with Crippen LogP contribution in [0.25, 0.3) is 0 Å². The zero-order valence-corrected chi connectivity index (χ0v) is 17.4. The molecule has 1 aromatic rings. The molecule has 2 amide bonds. The third-order valence-corrected chi connectivity index (χ3v) is 4.93. The van der Waals surface area contributed by atoms with Gasteiger partial charge < -0.3 is 9.64 Å². The lowest BCUT2D eigenvalue weighted by molar-refractivity contribution is -0.150. The number of likely N-dealkylation sites (tertiary alicyclic amines) is 1. The van der Waals surface area contributed by atoms with Gasteiger partial charge in [-0.15, -0.1) is 0 Å². The Balaban J connectivity index is 2.31. The van der Waals surface area contributed by atoms with E-state index in [1.54, 1.807) is 22.0 Å². The summed E-state index contributed by atoms with van der Waals surface area (Å²) in [4.78, 5) is 27.7. The number of ether oxygens (including phenoxy) is 1. The van der Waals surface area contributed by atoms with E-state index in [9.17, 15) is 9.59 Å². The third-order valence-electron chi connectivity index (χ3n) is 4.93. The summed E-state index contributed by atoms with van der Waals surface area (Å²) in [6.07, 6.45) is 1.86. The highest BCUT2D eigenvalue weighted by Gasteiger charge is 2.41. The summed E-state index contributed by atoms with van der Waals surface area (Å²) in [5.41, 5.74) is 0.550. The van der Waals surface area contributed by atoms with Gasteiger partial charge in [-0.05, 0) is 45.6 Å². The SMILES string of the molecule is CN(C)N(C)C(=O)C1CCCN(C(=O)OC(C)(C)C)C1Cc1ccccc1. The second-order valence-corrected chi connectivity index (χ2v) is 8.39. The molecule has 1 heterocycles. The van der Waals surface area contributed by atoms with Crippen LogP contribution in [0.1, 0.15) is 39.2 Å². The number of piperidine rings is 1. The smallest absolute Gasteiger partial charge is 0.410 e. The molecule has 1 aromatic carbocycles. The fourth-order valence-electron chi connectivity index (χ4n) is 3.44. The van der Waals surface area contributed by atoms with Crippen LogP contribution in [0, 0.1) is 5.92 Å². The first-order valence-electron chi connectivity index (χ1n) is 9.58. The maximum absolute atomic E-state index is 13.1. The molecule has 1 aliphatic heterocycles. The molecule has 2 atom stereocenters. The van der Waals surface area contributed by atoms with Crippen molar-refractivity contribution in [2.45, 2.75) is 51.7 Å². The number of hydrogen-bond donors (Lipinski definition) is 0. The summed E-state index contributed by atoms with van der Waals surface area (Å²) >= 11 is 0. The predicted molar refractivity (Wildman–Crippen MR) is 106 cm³/mol. The number of benzene rings is 1. The fourth-order valence-corrected chi connectivity index (χ4v) is 3.44. The van der Waals surface area contributed by atoms with Gasteiger partial charge in [0.2, 0.25) is 5.91 Å². The molecule has 0 bridgehead atoms. The molecule has 27 heavy (non-hydrogen) atoms. The molecule has 6 heteroatoms. The minimum Gasteiger partial charge on any atom is -0.444 e. The van der Waals surface area contributed by atoms with Crippen molar-refractivity contribution in [3.8, 4) is 0 Å². The topological polar surface area (TPSA) is 53.1 Å². The minimum atomic E-state index is -0.564. The lowest BCUT2D eigenvalue weighted by Crippen LogP contribution is -2.56. The van der Waals surface area contributed by atoms with Crippen LogP contribution in [-0.2, 0) is 16.0 Å². The van der Waals surface area contributed by atoms with Crippen LogP contribution in [0.4, 0.5) is 4.79 Å². The van der Waals surface area contributed by atoms with Crippen LogP contribution < -0.4 is 0 Å². The average Bonchev–Trinajstić information content (AvgIpc) is 2.60. The maximum Gasteiger partial charge on any atom is 0.410 e. The zero-order chi connectivity index (χ0) is 20.2. The van der Waals surface area contributed by atoms with Crippen LogP contribution >= 0.6 is 0 Å². The maximum atomic E-state index is 13.1. The highest BCUT2D eigenvalue weighted by Crippen LogP contribution is 2.29. The molecule has 1 fully saturated rings. The van der Waals surface area contributed by atoms with E-state index in [1.165, 1.54) is 0 Å². The molecule has 1 saturated heterocycles. The lowest BCUT2D eigenvalue weighted by atomic mass is 9.84.